The van der Waals surface area contributed by atoms with Gasteiger partial charge in [0.05, 0.1) is 13.7 Å². The molecule has 0 aliphatic heterocycles. The maximum atomic E-state index is 10.9. The zero-order valence-electron chi connectivity index (χ0n) is 10.5. The standard InChI is InChI=1S/C10H22O4Si/c1-10(2,3)15(5,6)14-7-8(11)9(12)13-4/h8,11H,7H2,1-6H3. The lowest BCUT2D eigenvalue weighted by Gasteiger charge is -2.36. The molecule has 0 aliphatic carbocycles. The highest BCUT2D eigenvalue weighted by molar-refractivity contribution is 6.74. The minimum absolute atomic E-state index is 0.0170. The average Bonchev–Trinajstić information content (AvgIpc) is 2.11. The van der Waals surface area contributed by atoms with Gasteiger partial charge in [0, 0.05) is 0 Å². The van der Waals surface area contributed by atoms with Crippen LogP contribution in [0, 0.1) is 0 Å². The molecule has 0 aliphatic rings. The minimum Gasteiger partial charge on any atom is -0.467 e. The predicted molar refractivity (Wildman–Crippen MR) is 61.2 cm³/mol. The van der Waals surface area contributed by atoms with E-state index in [0.717, 1.165) is 0 Å². The topological polar surface area (TPSA) is 55.8 Å². The molecule has 0 spiro atoms. The smallest absolute Gasteiger partial charge is 0.337 e. The highest BCUT2D eigenvalue weighted by Gasteiger charge is 2.38. The second kappa shape index (κ2) is 5.09. The fraction of sp³-hybridized carbons (Fsp3) is 0.900. The predicted octanol–water partition coefficient (Wildman–Crippen LogP) is 1.54. The average molecular weight is 234 g/mol. The first-order valence-electron chi connectivity index (χ1n) is 5.01. The molecule has 0 aromatic rings. The Balaban J connectivity index is 4.22. The molecule has 0 fully saturated rings. The van der Waals surface area contributed by atoms with Crippen LogP contribution in [0.2, 0.25) is 18.1 Å². The SMILES string of the molecule is COC(=O)C(O)CO[Si](C)(C)C(C)(C)C. The van der Waals surface area contributed by atoms with E-state index in [4.69, 9.17) is 4.43 Å². The van der Waals surface area contributed by atoms with Crippen LogP contribution >= 0.6 is 0 Å². The number of aliphatic hydroxyl groups excluding tert-OH is 1. The van der Waals surface area contributed by atoms with Crippen molar-refractivity contribution >= 4 is 14.3 Å². The van der Waals surface area contributed by atoms with Crippen molar-refractivity contribution in [2.45, 2.75) is 45.0 Å². The van der Waals surface area contributed by atoms with E-state index in [9.17, 15) is 9.90 Å². The number of carbonyl (C=O) groups is 1. The third kappa shape index (κ3) is 4.32. The lowest BCUT2D eigenvalue weighted by molar-refractivity contribution is -0.152. The Morgan fingerprint density at radius 2 is 1.87 bits per heavy atom. The van der Waals surface area contributed by atoms with E-state index in [1.807, 2.05) is 0 Å². The van der Waals surface area contributed by atoms with Crippen LogP contribution in [0.1, 0.15) is 20.8 Å². The van der Waals surface area contributed by atoms with Crippen LogP contribution in [0.3, 0.4) is 0 Å². The van der Waals surface area contributed by atoms with Gasteiger partial charge in [-0.25, -0.2) is 4.79 Å². The number of rotatable bonds is 4. The summed E-state index contributed by atoms with van der Waals surface area (Å²) >= 11 is 0. The normalized spacial score (nSPS) is 14.9. The van der Waals surface area contributed by atoms with Gasteiger partial charge in [-0.3, -0.25) is 0 Å². The summed E-state index contributed by atoms with van der Waals surface area (Å²) < 4.78 is 10.1. The Kier molecular flexibility index (Phi) is 4.96. The molecule has 0 rings (SSSR count). The second-order valence-electron chi connectivity index (χ2n) is 5.11. The molecule has 1 N–H and O–H groups in total. The van der Waals surface area contributed by atoms with E-state index in [-0.39, 0.29) is 11.6 Å². The van der Waals surface area contributed by atoms with Crippen LogP contribution in [0.5, 0.6) is 0 Å². The summed E-state index contributed by atoms with van der Waals surface area (Å²) in [4.78, 5) is 10.9. The van der Waals surface area contributed by atoms with Crippen LogP contribution in [-0.4, -0.2) is 39.2 Å². The van der Waals surface area contributed by atoms with Crippen molar-refractivity contribution < 1.29 is 19.1 Å². The molecular weight excluding hydrogens is 212 g/mol. The Bertz CT molecular complexity index is 220. The lowest BCUT2D eigenvalue weighted by atomic mass is 10.2. The molecule has 90 valence electrons. The zero-order valence-corrected chi connectivity index (χ0v) is 11.5. The number of hydrogen-bond acceptors (Lipinski definition) is 4. The van der Waals surface area contributed by atoms with Gasteiger partial charge >= 0.3 is 5.97 Å². The molecule has 0 amide bonds. The molecule has 0 aromatic carbocycles. The summed E-state index contributed by atoms with van der Waals surface area (Å²) in [5.41, 5.74) is 0. The highest BCUT2D eigenvalue weighted by Crippen LogP contribution is 2.36. The van der Waals surface area contributed by atoms with Crippen LogP contribution in [0.15, 0.2) is 0 Å². The number of esters is 1. The first kappa shape index (κ1) is 14.6. The van der Waals surface area contributed by atoms with Crippen molar-refractivity contribution in [3.05, 3.63) is 0 Å². The molecule has 0 radical (unpaired) electrons. The molecular formula is C10H22O4Si. The van der Waals surface area contributed by atoms with Crippen molar-refractivity contribution in [2.75, 3.05) is 13.7 Å². The van der Waals surface area contributed by atoms with Gasteiger partial charge in [0.15, 0.2) is 14.4 Å². The molecule has 5 heteroatoms. The fourth-order valence-corrected chi connectivity index (χ4v) is 1.72. The number of hydrogen-bond donors (Lipinski definition) is 1. The molecule has 15 heavy (non-hydrogen) atoms. The van der Waals surface area contributed by atoms with Gasteiger partial charge in [0.2, 0.25) is 0 Å². The van der Waals surface area contributed by atoms with E-state index < -0.39 is 20.4 Å². The van der Waals surface area contributed by atoms with Gasteiger partial charge < -0.3 is 14.3 Å². The summed E-state index contributed by atoms with van der Waals surface area (Å²) in [6.45, 7) is 10.5. The first-order chi connectivity index (χ1) is 6.62. The molecule has 0 aromatic heterocycles. The Morgan fingerprint density at radius 1 is 1.40 bits per heavy atom. The summed E-state index contributed by atoms with van der Waals surface area (Å²) in [6, 6.07) is 0. The number of aliphatic hydroxyl groups is 1. The molecule has 1 unspecified atom stereocenters. The zero-order chi connectivity index (χ0) is 12.3. The number of methoxy groups -OCH3 is 1. The van der Waals surface area contributed by atoms with Crippen molar-refractivity contribution in [3.63, 3.8) is 0 Å². The van der Waals surface area contributed by atoms with E-state index >= 15 is 0 Å². The quantitative estimate of drug-likeness (QED) is 0.592. The Labute approximate surface area is 92.7 Å². The molecule has 0 saturated heterocycles. The van der Waals surface area contributed by atoms with Crippen molar-refractivity contribution in [1.29, 1.82) is 0 Å². The fourth-order valence-electron chi connectivity index (χ4n) is 0.708. The van der Waals surface area contributed by atoms with Crippen molar-refractivity contribution in [3.8, 4) is 0 Å². The van der Waals surface area contributed by atoms with Gasteiger partial charge in [0.25, 0.3) is 0 Å². The van der Waals surface area contributed by atoms with Gasteiger partial charge in [-0.2, -0.15) is 0 Å². The number of ether oxygens (including phenoxy) is 1. The van der Waals surface area contributed by atoms with Gasteiger partial charge in [0.1, 0.15) is 0 Å². The van der Waals surface area contributed by atoms with Crippen LogP contribution in [0.4, 0.5) is 0 Å². The minimum atomic E-state index is -1.89. The largest absolute Gasteiger partial charge is 0.467 e. The Morgan fingerprint density at radius 3 is 2.20 bits per heavy atom. The first-order valence-corrected chi connectivity index (χ1v) is 7.92. The summed E-state index contributed by atoms with van der Waals surface area (Å²) in [7, 11) is -0.646. The van der Waals surface area contributed by atoms with E-state index in [1.165, 1.54) is 7.11 Å². The maximum Gasteiger partial charge on any atom is 0.337 e. The van der Waals surface area contributed by atoms with Crippen molar-refractivity contribution in [2.24, 2.45) is 0 Å². The van der Waals surface area contributed by atoms with E-state index in [2.05, 4.69) is 38.6 Å². The molecule has 0 saturated carbocycles. The third-order valence-corrected chi connectivity index (χ3v) is 7.38. The molecule has 1 atom stereocenters. The summed E-state index contributed by atoms with van der Waals surface area (Å²) in [6.07, 6.45) is -1.18. The third-order valence-electron chi connectivity index (χ3n) is 2.88. The highest BCUT2D eigenvalue weighted by atomic mass is 28.4. The molecule has 0 bridgehead atoms. The van der Waals surface area contributed by atoms with Gasteiger partial charge in [-0.1, -0.05) is 20.8 Å². The van der Waals surface area contributed by atoms with Gasteiger partial charge in [-0.15, -0.1) is 0 Å². The van der Waals surface area contributed by atoms with Gasteiger partial charge in [-0.05, 0) is 18.1 Å². The monoisotopic (exact) mass is 234 g/mol. The van der Waals surface area contributed by atoms with Crippen LogP contribution in [-0.2, 0) is 14.0 Å². The summed E-state index contributed by atoms with van der Waals surface area (Å²) in [5.74, 6) is -0.645. The van der Waals surface area contributed by atoms with Crippen LogP contribution in [0.25, 0.3) is 0 Å². The maximum absolute atomic E-state index is 10.9. The lowest BCUT2D eigenvalue weighted by Crippen LogP contribution is -2.43. The summed E-state index contributed by atoms with van der Waals surface area (Å²) in [5, 5.41) is 9.44. The van der Waals surface area contributed by atoms with E-state index in [0.29, 0.717) is 0 Å². The van der Waals surface area contributed by atoms with Crippen LogP contribution < -0.4 is 0 Å². The Hall–Kier alpha value is -0.393. The molecule has 4 nitrogen and oxygen atoms in total. The second-order valence-corrected chi connectivity index (χ2v) is 9.92. The van der Waals surface area contributed by atoms with Crippen molar-refractivity contribution in [1.82, 2.24) is 0 Å². The van der Waals surface area contributed by atoms with E-state index in [1.54, 1.807) is 0 Å². The molecule has 0 heterocycles. The number of carbonyl (C=O) groups excluding carboxylic acids is 1.